The number of rotatable bonds is 7. The third kappa shape index (κ3) is 19.1. The Morgan fingerprint density at radius 1 is 1.12 bits per heavy atom. The van der Waals surface area contributed by atoms with E-state index in [9.17, 15) is 14.4 Å². The van der Waals surface area contributed by atoms with Crippen LogP contribution in [0, 0.1) is 0 Å². The molecule has 0 heterocycles. The van der Waals surface area contributed by atoms with Crippen molar-refractivity contribution < 1.29 is 29.0 Å². The summed E-state index contributed by atoms with van der Waals surface area (Å²) in [5.41, 5.74) is 0.424. The Hall–Kier alpha value is -2.89. The first-order valence-corrected chi connectivity index (χ1v) is 6.90. The SMILES string of the molecule is C=C(CC=C(C)C(=O)O)C(=O)OC.C=CC(=O)OCC.C=CC=C. The molecule has 6 heteroatoms. The van der Waals surface area contributed by atoms with Gasteiger partial charge in [-0.25, -0.2) is 14.4 Å². The van der Waals surface area contributed by atoms with Gasteiger partial charge in [0.05, 0.1) is 13.7 Å². The first-order valence-electron chi connectivity index (χ1n) is 6.90. The number of allylic oxidation sites excluding steroid dienone is 3. The molecule has 0 fully saturated rings. The van der Waals surface area contributed by atoms with Crippen LogP contribution in [0.25, 0.3) is 0 Å². The second-order valence-electron chi connectivity index (χ2n) is 3.92. The third-order valence-corrected chi connectivity index (χ3v) is 2.09. The fourth-order valence-corrected chi connectivity index (χ4v) is 0.792. The first-order chi connectivity index (χ1) is 11.2. The van der Waals surface area contributed by atoms with Crippen molar-refractivity contribution in [3.63, 3.8) is 0 Å². The van der Waals surface area contributed by atoms with E-state index in [0.717, 1.165) is 6.08 Å². The van der Waals surface area contributed by atoms with Crippen LogP contribution in [0.1, 0.15) is 20.3 Å². The van der Waals surface area contributed by atoms with Crippen molar-refractivity contribution in [2.75, 3.05) is 13.7 Å². The molecule has 0 unspecified atom stereocenters. The number of esters is 2. The highest BCUT2D eigenvalue weighted by atomic mass is 16.5. The maximum Gasteiger partial charge on any atom is 0.333 e. The minimum atomic E-state index is -1.00. The highest BCUT2D eigenvalue weighted by Crippen LogP contribution is 2.04. The topological polar surface area (TPSA) is 89.9 Å². The number of carbonyl (C=O) groups is 3. The van der Waals surface area contributed by atoms with Crippen LogP contribution in [0.15, 0.2) is 61.8 Å². The number of carboxylic acids is 1. The Kier molecular flexibility index (Phi) is 19.7. The summed E-state index contributed by atoms with van der Waals surface area (Å²) in [6.45, 7) is 17.0. The average molecular weight is 338 g/mol. The van der Waals surface area contributed by atoms with Gasteiger partial charge in [0.2, 0.25) is 0 Å². The number of carbonyl (C=O) groups excluding carboxylic acids is 2. The zero-order valence-corrected chi connectivity index (χ0v) is 14.5. The zero-order chi connectivity index (χ0) is 19.5. The van der Waals surface area contributed by atoms with Crippen LogP contribution in [-0.2, 0) is 23.9 Å². The molecule has 0 aromatic rings. The Bertz CT molecular complexity index is 480. The number of aliphatic carboxylic acids is 1. The summed E-state index contributed by atoms with van der Waals surface area (Å²) < 4.78 is 8.82. The first kappa shape index (κ1) is 26.0. The Morgan fingerprint density at radius 2 is 1.62 bits per heavy atom. The number of methoxy groups -OCH3 is 1. The van der Waals surface area contributed by atoms with Gasteiger partial charge < -0.3 is 14.6 Å². The molecule has 0 aromatic heterocycles. The van der Waals surface area contributed by atoms with E-state index >= 15 is 0 Å². The van der Waals surface area contributed by atoms with Crippen molar-refractivity contribution in [3.8, 4) is 0 Å². The summed E-state index contributed by atoms with van der Waals surface area (Å²) in [5.74, 6) is -1.88. The molecule has 0 aromatic carbocycles. The lowest BCUT2D eigenvalue weighted by Gasteiger charge is -1.99. The molecule has 0 spiro atoms. The molecular formula is C18H26O6. The number of carboxylic acid groups (broad SMARTS) is 1. The molecule has 0 rings (SSSR count). The maximum absolute atomic E-state index is 10.8. The van der Waals surface area contributed by atoms with E-state index in [1.165, 1.54) is 20.1 Å². The van der Waals surface area contributed by atoms with Crippen LogP contribution >= 0.6 is 0 Å². The molecule has 0 bridgehead atoms. The number of ether oxygens (including phenoxy) is 2. The smallest absolute Gasteiger partial charge is 0.333 e. The standard InChI is InChI=1S/C9H12O4.C5H8O2.C4H6/c1-6(8(10)11)4-5-7(2)9(12)13-3;1-3-5(6)7-4-2;1-3-4-2/h4H,2,5H2,1,3H3,(H,10,11);3H,1,4H2,2H3;3-4H,1-2H2. The van der Waals surface area contributed by atoms with Gasteiger partial charge in [0.15, 0.2) is 0 Å². The normalized spacial score (nSPS) is 8.88. The van der Waals surface area contributed by atoms with Gasteiger partial charge in [-0.05, 0) is 20.3 Å². The summed E-state index contributed by atoms with van der Waals surface area (Å²) in [6.07, 6.45) is 6.04. The van der Waals surface area contributed by atoms with Crippen molar-refractivity contribution in [2.24, 2.45) is 0 Å². The lowest BCUT2D eigenvalue weighted by molar-refractivity contribution is -0.137. The fraction of sp³-hybridized carbons (Fsp3) is 0.278. The summed E-state index contributed by atoms with van der Waals surface area (Å²) in [5, 5.41) is 8.48. The molecule has 0 saturated carbocycles. The molecule has 6 nitrogen and oxygen atoms in total. The number of hydrogen-bond donors (Lipinski definition) is 1. The molecule has 0 aliphatic carbocycles. The van der Waals surface area contributed by atoms with Crippen molar-refractivity contribution in [2.45, 2.75) is 20.3 Å². The molecule has 0 radical (unpaired) electrons. The predicted octanol–water partition coefficient (Wildman–Crippen LogP) is 3.23. The highest BCUT2D eigenvalue weighted by molar-refractivity contribution is 5.89. The fourth-order valence-electron chi connectivity index (χ4n) is 0.792. The minimum absolute atomic E-state index is 0.185. The van der Waals surface area contributed by atoms with Crippen LogP contribution in [-0.4, -0.2) is 36.7 Å². The third-order valence-electron chi connectivity index (χ3n) is 2.09. The molecule has 0 amide bonds. The van der Waals surface area contributed by atoms with Gasteiger partial charge in [0.25, 0.3) is 0 Å². The molecule has 24 heavy (non-hydrogen) atoms. The lowest BCUT2D eigenvalue weighted by Crippen LogP contribution is -2.03. The van der Waals surface area contributed by atoms with E-state index < -0.39 is 11.9 Å². The van der Waals surface area contributed by atoms with Gasteiger partial charge in [-0.3, -0.25) is 0 Å². The van der Waals surface area contributed by atoms with Gasteiger partial charge in [0, 0.05) is 17.2 Å². The summed E-state index contributed by atoms with van der Waals surface area (Å²) in [7, 11) is 1.25. The highest BCUT2D eigenvalue weighted by Gasteiger charge is 2.05. The van der Waals surface area contributed by atoms with E-state index in [1.807, 2.05) is 0 Å². The van der Waals surface area contributed by atoms with Crippen LogP contribution in [0.5, 0.6) is 0 Å². The second-order valence-corrected chi connectivity index (χ2v) is 3.92. The van der Waals surface area contributed by atoms with E-state index in [1.54, 1.807) is 19.1 Å². The average Bonchev–Trinajstić information content (AvgIpc) is 2.59. The molecule has 0 atom stereocenters. The van der Waals surface area contributed by atoms with E-state index in [2.05, 4.69) is 35.8 Å². The molecular weight excluding hydrogens is 312 g/mol. The lowest BCUT2D eigenvalue weighted by atomic mass is 10.1. The minimum Gasteiger partial charge on any atom is -0.478 e. The maximum atomic E-state index is 10.8. The summed E-state index contributed by atoms with van der Waals surface area (Å²) >= 11 is 0. The van der Waals surface area contributed by atoms with Crippen LogP contribution < -0.4 is 0 Å². The largest absolute Gasteiger partial charge is 0.478 e. The van der Waals surface area contributed by atoms with Crippen molar-refractivity contribution in [1.29, 1.82) is 0 Å². The van der Waals surface area contributed by atoms with E-state index in [0.29, 0.717) is 6.61 Å². The van der Waals surface area contributed by atoms with Crippen molar-refractivity contribution in [3.05, 3.63) is 61.8 Å². The zero-order valence-electron chi connectivity index (χ0n) is 14.5. The van der Waals surface area contributed by atoms with E-state index in [-0.39, 0.29) is 23.5 Å². The van der Waals surface area contributed by atoms with Crippen molar-refractivity contribution >= 4 is 17.9 Å². The van der Waals surface area contributed by atoms with Gasteiger partial charge >= 0.3 is 17.9 Å². The van der Waals surface area contributed by atoms with E-state index in [4.69, 9.17) is 5.11 Å². The van der Waals surface area contributed by atoms with Gasteiger partial charge in [-0.15, -0.1) is 0 Å². The molecule has 0 aliphatic heterocycles. The molecule has 0 aliphatic rings. The Labute approximate surface area is 143 Å². The monoisotopic (exact) mass is 338 g/mol. The summed E-state index contributed by atoms with van der Waals surface area (Å²) in [4.78, 5) is 31.2. The van der Waals surface area contributed by atoms with Gasteiger partial charge in [0.1, 0.15) is 0 Å². The quantitative estimate of drug-likeness (QED) is 0.435. The van der Waals surface area contributed by atoms with Gasteiger partial charge in [-0.1, -0.05) is 44.5 Å². The second kappa shape index (κ2) is 18.2. The molecule has 1 N–H and O–H groups in total. The van der Waals surface area contributed by atoms with Crippen LogP contribution in [0.3, 0.4) is 0 Å². The summed E-state index contributed by atoms with van der Waals surface area (Å²) in [6, 6.07) is 0. The Balaban J connectivity index is -0.000000335. The number of hydrogen-bond acceptors (Lipinski definition) is 5. The molecule has 0 saturated heterocycles. The Morgan fingerprint density at radius 3 is 1.88 bits per heavy atom. The van der Waals surface area contributed by atoms with Gasteiger partial charge in [-0.2, -0.15) is 0 Å². The molecule has 134 valence electrons. The van der Waals surface area contributed by atoms with Crippen LogP contribution in [0.2, 0.25) is 0 Å². The van der Waals surface area contributed by atoms with Crippen LogP contribution in [0.4, 0.5) is 0 Å². The predicted molar refractivity (Wildman–Crippen MR) is 94.4 cm³/mol. The van der Waals surface area contributed by atoms with Crippen molar-refractivity contribution in [1.82, 2.24) is 0 Å².